The van der Waals surface area contributed by atoms with Crippen LogP contribution < -0.4 is 10.6 Å². The third kappa shape index (κ3) is 7.05. The Labute approximate surface area is 192 Å². The van der Waals surface area contributed by atoms with Crippen LogP contribution in [0.15, 0.2) is 53.5 Å². The lowest BCUT2D eigenvalue weighted by molar-refractivity contribution is 0.0342. The van der Waals surface area contributed by atoms with Gasteiger partial charge in [0.15, 0.2) is 5.96 Å². The Kier molecular flexibility index (Phi) is 8.54. The van der Waals surface area contributed by atoms with Crippen molar-refractivity contribution in [2.75, 3.05) is 46.4 Å². The summed E-state index contributed by atoms with van der Waals surface area (Å²) in [6, 6.07) is 17.8. The van der Waals surface area contributed by atoms with Gasteiger partial charge in [0.25, 0.3) is 0 Å². The van der Waals surface area contributed by atoms with Crippen molar-refractivity contribution in [3.63, 3.8) is 0 Å². The summed E-state index contributed by atoms with van der Waals surface area (Å²) in [4.78, 5) is 9.37. The minimum absolute atomic E-state index is 0.755. The molecule has 0 unspecified atom stereocenters. The van der Waals surface area contributed by atoms with E-state index in [4.69, 9.17) is 4.74 Å². The second-order valence-corrected chi connectivity index (χ2v) is 8.79. The van der Waals surface area contributed by atoms with E-state index in [1.54, 1.807) is 0 Å². The third-order valence-electron chi connectivity index (χ3n) is 6.27. The number of hydrogen-bond acceptors (Lipinski definition) is 4. The molecule has 2 fully saturated rings. The maximum Gasteiger partial charge on any atom is 0.191 e. The zero-order chi connectivity index (χ0) is 22.0. The lowest BCUT2D eigenvalue weighted by atomic mass is 10.1. The highest BCUT2D eigenvalue weighted by Crippen LogP contribution is 2.13. The zero-order valence-electron chi connectivity index (χ0n) is 19.4. The van der Waals surface area contributed by atoms with Gasteiger partial charge in [0.2, 0.25) is 0 Å². The molecule has 2 aliphatic rings. The molecule has 0 bridgehead atoms. The van der Waals surface area contributed by atoms with E-state index < -0.39 is 0 Å². The predicted octanol–water partition coefficient (Wildman–Crippen LogP) is 2.98. The van der Waals surface area contributed by atoms with Gasteiger partial charge in [-0.3, -0.25) is 14.8 Å². The van der Waals surface area contributed by atoms with Crippen LogP contribution in [0.4, 0.5) is 0 Å². The molecule has 2 aromatic rings. The van der Waals surface area contributed by atoms with Crippen LogP contribution in [0.25, 0.3) is 0 Å². The molecule has 2 aliphatic heterocycles. The van der Waals surface area contributed by atoms with Gasteiger partial charge in [-0.15, -0.1) is 0 Å². The monoisotopic (exact) mass is 435 g/mol. The molecule has 0 spiro atoms. The number of aliphatic imine (C=N–C) groups is 1. The molecule has 0 aliphatic carbocycles. The Morgan fingerprint density at radius 1 is 0.781 bits per heavy atom. The number of guanidine groups is 1. The van der Waals surface area contributed by atoms with E-state index in [0.717, 1.165) is 58.4 Å². The maximum absolute atomic E-state index is 5.45. The first-order valence-corrected chi connectivity index (χ1v) is 11.9. The quantitative estimate of drug-likeness (QED) is 0.493. The number of rotatable bonds is 8. The topological polar surface area (TPSA) is 52.1 Å². The molecular weight excluding hydrogens is 398 g/mol. The van der Waals surface area contributed by atoms with E-state index in [0.29, 0.717) is 0 Å². The molecule has 0 atom stereocenters. The van der Waals surface area contributed by atoms with Crippen molar-refractivity contribution < 1.29 is 4.74 Å². The summed E-state index contributed by atoms with van der Waals surface area (Å²) < 4.78 is 5.45. The minimum Gasteiger partial charge on any atom is -0.379 e. The van der Waals surface area contributed by atoms with E-state index in [1.165, 1.54) is 48.2 Å². The third-order valence-corrected chi connectivity index (χ3v) is 6.27. The fraction of sp³-hybridized carbons (Fsp3) is 0.500. The van der Waals surface area contributed by atoms with E-state index in [2.05, 4.69) is 74.0 Å². The minimum atomic E-state index is 0.755. The first-order chi connectivity index (χ1) is 15.8. The van der Waals surface area contributed by atoms with Gasteiger partial charge >= 0.3 is 0 Å². The van der Waals surface area contributed by atoms with Gasteiger partial charge in [-0.05, 0) is 48.2 Å². The number of nitrogens with zero attached hydrogens (tertiary/aromatic N) is 3. The van der Waals surface area contributed by atoms with Gasteiger partial charge in [-0.1, -0.05) is 48.5 Å². The van der Waals surface area contributed by atoms with Crippen molar-refractivity contribution in [3.8, 4) is 0 Å². The van der Waals surface area contributed by atoms with E-state index in [-0.39, 0.29) is 0 Å². The van der Waals surface area contributed by atoms with Gasteiger partial charge in [0.05, 0.1) is 13.2 Å². The first kappa shape index (κ1) is 22.8. The molecule has 4 rings (SSSR count). The lowest BCUT2D eigenvalue weighted by Gasteiger charge is -2.26. The van der Waals surface area contributed by atoms with Crippen LogP contribution in [-0.2, 0) is 30.9 Å². The van der Waals surface area contributed by atoms with Gasteiger partial charge in [-0.25, -0.2) is 0 Å². The summed E-state index contributed by atoms with van der Waals surface area (Å²) in [5.74, 6) is 0.824. The Morgan fingerprint density at radius 3 is 2.09 bits per heavy atom. The Morgan fingerprint density at radius 2 is 1.38 bits per heavy atom. The van der Waals surface area contributed by atoms with Crippen LogP contribution in [0, 0.1) is 0 Å². The summed E-state index contributed by atoms with van der Waals surface area (Å²) in [7, 11) is 1.82. The predicted molar refractivity (Wildman–Crippen MR) is 131 cm³/mol. The number of likely N-dealkylation sites (tertiary alicyclic amines) is 1. The fourth-order valence-electron chi connectivity index (χ4n) is 4.41. The number of benzene rings is 2. The van der Waals surface area contributed by atoms with Crippen LogP contribution in [0.3, 0.4) is 0 Å². The molecule has 0 saturated carbocycles. The average Bonchev–Trinajstić information content (AvgIpc) is 3.34. The second kappa shape index (κ2) is 12.0. The molecule has 0 aromatic heterocycles. The summed E-state index contributed by atoms with van der Waals surface area (Å²) in [6.45, 7) is 9.75. The molecule has 2 N–H and O–H groups in total. The van der Waals surface area contributed by atoms with Gasteiger partial charge in [-0.2, -0.15) is 0 Å². The van der Waals surface area contributed by atoms with Crippen molar-refractivity contribution in [3.05, 3.63) is 70.8 Å². The standard InChI is InChI=1S/C26H37N5O/c1-27-26(28-18-22-7-9-23(10-8-22)20-30-11-2-3-12-30)29-19-24-5-4-6-25(17-24)21-31-13-15-32-16-14-31/h4-10,17H,2-3,11-16,18-21H2,1H3,(H2,27,28,29). The van der Waals surface area contributed by atoms with Gasteiger partial charge in [0, 0.05) is 46.3 Å². The summed E-state index contributed by atoms with van der Waals surface area (Å²) in [6.07, 6.45) is 2.68. The molecule has 2 heterocycles. The average molecular weight is 436 g/mol. The zero-order valence-corrected chi connectivity index (χ0v) is 19.4. The summed E-state index contributed by atoms with van der Waals surface area (Å²) >= 11 is 0. The molecule has 6 nitrogen and oxygen atoms in total. The van der Waals surface area contributed by atoms with E-state index in [1.807, 2.05) is 7.05 Å². The molecule has 32 heavy (non-hydrogen) atoms. The second-order valence-electron chi connectivity index (χ2n) is 8.79. The van der Waals surface area contributed by atoms with E-state index in [9.17, 15) is 0 Å². The number of hydrogen-bond donors (Lipinski definition) is 2. The highest BCUT2D eigenvalue weighted by atomic mass is 16.5. The molecular formula is C26H37N5O. The molecule has 2 saturated heterocycles. The SMILES string of the molecule is CN=C(NCc1ccc(CN2CCCC2)cc1)NCc1cccc(CN2CCOCC2)c1. The molecule has 0 amide bonds. The Bertz CT molecular complexity index is 855. The van der Waals surface area contributed by atoms with Gasteiger partial charge in [0.1, 0.15) is 0 Å². The van der Waals surface area contributed by atoms with Crippen molar-refractivity contribution in [2.24, 2.45) is 4.99 Å². The smallest absolute Gasteiger partial charge is 0.191 e. The summed E-state index contributed by atoms with van der Waals surface area (Å²) in [5, 5.41) is 6.88. The van der Waals surface area contributed by atoms with Crippen LogP contribution >= 0.6 is 0 Å². The van der Waals surface area contributed by atoms with Crippen molar-refractivity contribution >= 4 is 5.96 Å². The van der Waals surface area contributed by atoms with Crippen molar-refractivity contribution in [1.82, 2.24) is 20.4 Å². The van der Waals surface area contributed by atoms with Gasteiger partial charge < -0.3 is 15.4 Å². The number of morpholine rings is 1. The largest absolute Gasteiger partial charge is 0.379 e. The molecule has 0 radical (unpaired) electrons. The van der Waals surface area contributed by atoms with Crippen molar-refractivity contribution in [2.45, 2.75) is 39.0 Å². The van der Waals surface area contributed by atoms with Crippen LogP contribution in [0.2, 0.25) is 0 Å². The normalized spacial score (nSPS) is 18.1. The van der Waals surface area contributed by atoms with Crippen molar-refractivity contribution in [1.29, 1.82) is 0 Å². The Hall–Kier alpha value is -2.41. The Balaban J connectivity index is 1.22. The highest BCUT2D eigenvalue weighted by Gasteiger charge is 2.12. The number of nitrogens with one attached hydrogen (secondary N) is 2. The maximum atomic E-state index is 5.45. The lowest BCUT2D eigenvalue weighted by Crippen LogP contribution is -2.36. The molecule has 172 valence electrons. The first-order valence-electron chi connectivity index (χ1n) is 11.9. The van der Waals surface area contributed by atoms with E-state index >= 15 is 0 Å². The summed E-state index contributed by atoms with van der Waals surface area (Å²) in [5.41, 5.74) is 5.29. The molecule has 6 heteroatoms. The van der Waals surface area contributed by atoms with Crippen LogP contribution in [0.5, 0.6) is 0 Å². The molecule has 2 aromatic carbocycles. The van der Waals surface area contributed by atoms with Crippen LogP contribution in [0.1, 0.15) is 35.1 Å². The van der Waals surface area contributed by atoms with Crippen LogP contribution in [-0.4, -0.2) is 62.2 Å². The fourth-order valence-corrected chi connectivity index (χ4v) is 4.41. The number of ether oxygens (including phenoxy) is 1. The highest BCUT2D eigenvalue weighted by molar-refractivity contribution is 5.79.